The van der Waals surface area contributed by atoms with Gasteiger partial charge in [0, 0.05) is 0 Å². The lowest BCUT2D eigenvalue weighted by atomic mass is 9.96. The predicted molar refractivity (Wildman–Crippen MR) is 101 cm³/mol. The average molecular weight is 504 g/mol. The summed E-state index contributed by atoms with van der Waals surface area (Å²) in [5, 5.41) is 109. The zero-order chi connectivity index (χ0) is 25.3. The molecule has 3 rings (SSSR count). The van der Waals surface area contributed by atoms with Crippen molar-refractivity contribution in [2.75, 3.05) is 19.8 Å². The van der Waals surface area contributed by atoms with Crippen LogP contribution in [0.15, 0.2) is 0 Å². The maximum absolute atomic E-state index is 10.6. The van der Waals surface area contributed by atoms with E-state index in [9.17, 15) is 56.2 Å². The second-order valence-corrected chi connectivity index (χ2v) is 8.33. The smallest absolute Gasteiger partial charge is 0.187 e. The predicted octanol–water partition coefficient (Wildman–Crippen LogP) is -7.57. The summed E-state index contributed by atoms with van der Waals surface area (Å²) in [7, 11) is 0. The Morgan fingerprint density at radius 3 is 1.35 bits per heavy atom. The molecule has 0 amide bonds. The maximum Gasteiger partial charge on any atom is 0.187 e. The van der Waals surface area contributed by atoms with Gasteiger partial charge < -0.3 is 79.9 Å². The minimum atomic E-state index is -1.91. The summed E-state index contributed by atoms with van der Waals surface area (Å²) in [6.07, 6.45) is -25.1. The van der Waals surface area contributed by atoms with Crippen molar-refractivity contribution in [3.05, 3.63) is 0 Å². The van der Waals surface area contributed by atoms with E-state index in [-0.39, 0.29) is 0 Å². The highest BCUT2D eigenvalue weighted by atomic mass is 16.8. The van der Waals surface area contributed by atoms with Gasteiger partial charge in [0.2, 0.25) is 0 Å². The van der Waals surface area contributed by atoms with E-state index in [2.05, 4.69) is 0 Å². The van der Waals surface area contributed by atoms with Crippen molar-refractivity contribution in [1.29, 1.82) is 0 Å². The lowest BCUT2D eigenvalue weighted by Gasteiger charge is -2.47. The second kappa shape index (κ2) is 11.6. The molecule has 16 nitrogen and oxygen atoms in total. The van der Waals surface area contributed by atoms with E-state index < -0.39 is 112 Å². The summed E-state index contributed by atoms with van der Waals surface area (Å²) in [4.78, 5) is 0. The summed E-state index contributed by atoms with van der Waals surface area (Å²) in [5.74, 6) is 0. The van der Waals surface area contributed by atoms with Crippen LogP contribution >= 0.6 is 0 Å². The third-order valence-electron chi connectivity index (χ3n) is 6.09. The molecule has 0 aliphatic carbocycles. The van der Waals surface area contributed by atoms with Crippen LogP contribution in [0.3, 0.4) is 0 Å². The molecule has 0 spiro atoms. The number of aliphatic hydroxyl groups excluding tert-OH is 11. The van der Waals surface area contributed by atoms with Gasteiger partial charge in [0.1, 0.15) is 73.2 Å². The molecule has 0 aromatic carbocycles. The molecule has 3 fully saturated rings. The van der Waals surface area contributed by atoms with Gasteiger partial charge in [-0.25, -0.2) is 0 Å². The summed E-state index contributed by atoms with van der Waals surface area (Å²) in [6.45, 7) is -2.32. The first-order valence-corrected chi connectivity index (χ1v) is 10.6. The summed E-state index contributed by atoms with van der Waals surface area (Å²) in [6, 6.07) is 0. The van der Waals surface area contributed by atoms with E-state index in [1.807, 2.05) is 0 Å². The van der Waals surface area contributed by atoms with E-state index in [1.165, 1.54) is 0 Å². The molecule has 0 aromatic heterocycles. The van der Waals surface area contributed by atoms with Crippen LogP contribution in [-0.2, 0) is 23.7 Å². The number of ether oxygens (including phenoxy) is 5. The highest BCUT2D eigenvalue weighted by Gasteiger charge is 2.53. The Bertz CT molecular complexity index is 635. The zero-order valence-electron chi connectivity index (χ0n) is 17.7. The van der Waals surface area contributed by atoms with Crippen LogP contribution in [0.1, 0.15) is 0 Å². The number of aliphatic hydroxyl groups is 11. The van der Waals surface area contributed by atoms with Crippen molar-refractivity contribution in [1.82, 2.24) is 0 Å². The van der Waals surface area contributed by atoms with E-state index in [0.29, 0.717) is 0 Å². The molecule has 0 aromatic rings. The van der Waals surface area contributed by atoms with E-state index in [0.717, 1.165) is 0 Å². The highest BCUT2D eigenvalue weighted by Crippen LogP contribution is 2.32. The summed E-state index contributed by atoms with van der Waals surface area (Å²) >= 11 is 0. The first kappa shape index (κ1) is 27.9. The first-order chi connectivity index (χ1) is 16.0. The molecule has 3 aliphatic heterocycles. The second-order valence-electron chi connectivity index (χ2n) is 8.33. The van der Waals surface area contributed by atoms with Crippen molar-refractivity contribution < 1.29 is 79.9 Å². The Morgan fingerprint density at radius 2 is 0.853 bits per heavy atom. The maximum atomic E-state index is 10.6. The molecule has 3 aliphatic rings. The minimum Gasteiger partial charge on any atom is -0.394 e. The summed E-state index contributed by atoms with van der Waals surface area (Å²) in [5.41, 5.74) is 0. The fourth-order valence-electron chi connectivity index (χ4n) is 4.06. The Morgan fingerprint density at radius 1 is 0.441 bits per heavy atom. The summed E-state index contributed by atoms with van der Waals surface area (Å²) < 4.78 is 26.4. The van der Waals surface area contributed by atoms with Crippen LogP contribution in [-0.4, -0.2) is 168 Å². The first-order valence-electron chi connectivity index (χ1n) is 10.6. The number of rotatable bonds is 7. The molecule has 0 radical (unpaired) electrons. The fraction of sp³-hybridized carbons (Fsp3) is 1.00. The molecule has 9 unspecified atom stereocenters. The largest absolute Gasteiger partial charge is 0.394 e. The normalized spacial score (nSPS) is 52.5. The standard InChI is InChI=1S/C18H32O16/c19-1-4-7(22)8(23)12(27)17(31-4)34-15-6(3-21)32-18(13(28)10(15)25)33-14-5(2-20)30-16(29)11(26)9(14)24/h4-29H,1-3H2/t4?,5?,6?,7-,8?,9?,10?,11?,12?,13?,14-,15-,16-,17-,18-/m1/s1. The molecule has 0 bridgehead atoms. The monoisotopic (exact) mass is 504 g/mol. The average Bonchev–Trinajstić information content (AvgIpc) is 2.83. The van der Waals surface area contributed by atoms with Crippen molar-refractivity contribution in [2.24, 2.45) is 0 Å². The molecule has 15 atom stereocenters. The van der Waals surface area contributed by atoms with Gasteiger partial charge in [0.05, 0.1) is 19.8 Å². The molecule has 11 N–H and O–H groups in total. The van der Waals surface area contributed by atoms with Crippen LogP contribution in [0.4, 0.5) is 0 Å². The van der Waals surface area contributed by atoms with Crippen LogP contribution in [0.5, 0.6) is 0 Å². The molecule has 0 saturated carbocycles. The third-order valence-corrected chi connectivity index (χ3v) is 6.09. The topological polar surface area (TPSA) is 269 Å². The van der Waals surface area contributed by atoms with Crippen molar-refractivity contribution in [2.45, 2.75) is 92.1 Å². The van der Waals surface area contributed by atoms with E-state index in [4.69, 9.17) is 23.7 Å². The fourth-order valence-corrected chi connectivity index (χ4v) is 4.06. The molecule has 16 heteroatoms. The quantitative estimate of drug-likeness (QED) is 0.154. The minimum absolute atomic E-state index is 0.741. The molecular formula is C18H32O16. The zero-order valence-corrected chi connectivity index (χ0v) is 17.7. The number of hydrogen-bond acceptors (Lipinski definition) is 16. The van der Waals surface area contributed by atoms with Gasteiger partial charge in [0.15, 0.2) is 18.9 Å². The Kier molecular flexibility index (Phi) is 9.54. The van der Waals surface area contributed by atoms with Crippen molar-refractivity contribution in [3.63, 3.8) is 0 Å². The molecule has 3 heterocycles. The van der Waals surface area contributed by atoms with E-state index >= 15 is 0 Å². The number of hydrogen-bond donors (Lipinski definition) is 11. The van der Waals surface area contributed by atoms with Gasteiger partial charge in [-0.15, -0.1) is 0 Å². The van der Waals surface area contributed by atoms with Crippen LogP contribution in [0.2, 0.25) is 0 Å². The Balaban J connectivity index is 1.72. The van der Waals surface area contributed by atoms with Crippen molar-refractivity contribution in [3.8, 4) is 0 Å². The van der Waals surface area contributed by atoms with Gasteiger partial charge in [-0.3, -0.25) is 0 Å². The molecule has 3 saturated heterocycles. The van der Waals surface area contributed by atoms with Gasteiger partial charge in [-0.2, -0.15) is 0 Å². The lowest BCUT2D eigenvalue weighted by Crippen LogP contribution is -2.66. The Hall–Kier alpha value is -0.640. The van der Waals surface area contributed by atoms with Crippen LogP contribution in [0.25, 0.3) is 0 Å². The highest BCUT2D eigenvalue weighted by molar-refractivity contribution is 4.96. The van der Waals surface area contributed by atoms with Gasteiger partial charge in [-0.05, 0) is 0 Å². The van der Waals surface area contributed by atoms with Crippen molar-refractivity contribution >= 4 is 0 Å². The van der Waals surface area contributed by atoms with Gasteiger partial charge >= 0.3 is 0 Å². The van der Waals surface area contributed by atoms with Crippen LogP contribution < -0.4 is 0 Å². The van der Waals surface area contributed by atoms with Gasteiger partial charge in [0.25, 0.3) is 0 Å². The molecule has 34 heavy (non-hydrogen) atoms. The van der Waals surface area contributed by atoms with Gasteiger partial charge in [-0.1, -0.05) is 0 Å². The third kappa shape index (κ3) is 5.37. The SMILES string of the molecule is OCC1O[C@H](O[C@@H]2C(CO)O[C@H](O[C@@H]3C(CO)O[C@@H](O)C(O)C3O)C(O)C2O)C(O)C(O)[C@@H]1O. The van der Waals surface area contributed by atoms with Crippen LogP contribution in [0, 0.1) is 0 Å². The Labute approximate surface area is 192 Å². The van der Waals surface area contributed by atoms with E-state index in [1.54, 1.807) is 0 Å². The molecular weight excluding hydrogens is 472 g/mol. The molecule has 200 valence electrons. The lowest BCUT2D eigenvalue weighted by molar-refractivity contribution is -0.377.